The van der Waals surface area contributed by atoms with Gasteiger partial charge in [-0.05, 0) is 51.3 Å². The van der Waals surface area contributed by atoms with Crippen molar-refractivity contribution in [3.8, 4) is 11.8 Å². The molecule has 0 saturated heterocycles. The molecule has 1 atom stereocenters. The highest BCUT2D eigenvalue weighted by Crippen LogP contribution is 2.19. The first-order valence-electron chi connectivity index (χ1n) is 7.06. The highest BCUT2D eigenvalue weighted by molar-refractivity contribution is 5.32. The zero-order valence-corrected chi connectivity index (χ0v) is 12.5. The van der Waals surface area contributed by atoms with E-state index in [0.717, 1.165) is 31.4 Å². The number of nitrogens with one attached hydrogen (secondary N) is 1. The normalized spacial score (nSPS) is 13.6. The van der Waals surface area contributed by atoms with E-state index >= 15 is 0 Å². The summed E-state index contributed by atoms with van der Waals surface area (Å²) in [7, 11) is 0. The molecule has 0 aliphatic carbocycles. The lowest BCUT2D eigenvalue weighted by atomic mass is 9.97. The maximum atomic E-state index is 13.1. The molecule has 0 aliphatic heterocycles. The number of ether oxygens (including phenoxy) is 1. The van der Waals surface area contributed by atoms with Crippen LogP contribution in [0.4, 0.5) is 4.39 Å². The maximum absolute atomic E-state index is 13.1. The molecule has 110 valence electrons. The van der Waals surface area contributed by atoms with E-state index in [9.17, 15) is 4.39 Å². The second-order valence-corrected chi connectivity index (χ2v) is 5.19. The van der Waals surface area contributed by atoms with Crippen LogP contribution in [0.25, 0.3) is 0 Å². The average molecular weight is 278 g/mol. The molecule has 0 amide bonds. The minimum Gasteiger partial charge on any atom is -0.493 e. The molecule has 0 saturated carbocycles. The number of halogens is 1. The Balaban J connectivity index is 2.32. The van der Waals surface area contributed by atoms with Crippen LogP contribution < -0.4 is 10.1 Å². The van der Waals surface area contributed by atoms with Gasteiger partial charge in [0.05, 0.1) is 12.7 Å². The third kappa shape index (κ3) is 5.18. The predicted molar refractivity (Wildman–Crippen MR) is 78.2 cm³/mol. The Hall–Kier alpha value is -1.60. The summed E-state index contributed by atoms with van der Waals surface area (Å²) in [6.07, 6.45) is 2.52. The highest BCUT2D eigenvalue weighted by atomic mass is 19.1. The van der Waals surface area contributed by atoms with Gasteiger partial charge in [0.25, 0.3) is 0 Å². The summed E-state index contributed by atoms with van der Waals surface area (Å²) >= 11 is 0. The molecule has 0 aliphatic rings. The summed E-state index contributed by atoms with van der Waals surface area (Å²) in [5.74, 6) is 0.314. The molecule has 0 bridgehead atoms. The van der Waals surface area contributed by atoms with Gasteiger partial charge in [-0.3, -0.25) is 5.32 Å². The van der Waals surface area contributed by atoms with Crippen molar-refractivity contribution in [2.24, 2.45) is 0 Å². The smallest absolute Gasteiger partial charge is 0.126 e. The van der Waals surface area contributed by atoms with E-state index in [-0.39, 0.29) is 5.82 Å². The fourth-order valence-electron chi connectivity index (χ4n) is 2.07. The van der Waals surface area contributed by atoms with E-state index in [2.05, 4.69) is 11.4 Å². The van der Waals surface area contributed by atoms with Crippen molar-refractivity contribution in [2.45, 2.75) is 45.6 Å². The monoisotopic (exact) mass is 278 g/mol. The lowest BCUT2D eigenvalue weighted by molar-refractivity contribution is 0.293. The number of hydrogen-bond acceptors (Lipinski definition) is 3. The molecule has 0 aromatic heterocycles. The zero-order chi connectivity index (χ0) is 15.0. The molecule has 4 heteroatoms. The van der Waals surface area contributed by atoms with E-state index < -0.39 is 5.54 Å². The third-order valence-corrected chi connectivity index (χ3v) is 3.29. The van der Waals surface area contributed by atoms with E-state index in [0.29, 0.717) is 12.4 Å². The summed E-state index contributed by atoms with van der Waals surface area (Å²) in [5, 5.41) is 12.3. The van der Waals surface area contributed by atoms with Crippen molar-refractivity contribution < 1.29 is 9.13 Å². The van der Waals surface area contributed by atoms with Crippen LogP contribution in [0.1, 0.15) is 38.7 Å². The molecule has 0 radical (unpaired) electrons. The van der Waals surface area contributed by atoms with Gasteiger partial charge in [0, 0.05) is 6.07 Å². The van der Waals surface area contributed by atoms with Crippen LogP contribution in [0.15, 0.2) is 18.2 Å². The van der Waals surface area contributed by atoms with Crippen LogP contribution in [0.2, 0.25) is 0 Å². The minimum atomic E-state index is -0.469. The summed E-state index contributed by atoms with van der Waals surface area (Å²) in [5.41, 5.74) is 0.463. The largest absolute Gasteiger partial charge is 0.493 e. The molecular formula is C16H23FN2O. The number of nitriles is 1. The Bertz CT molecular complexity index is 470. The lowest BCUT2D eigenvalue weighted by Crippen LogP contribution is -2.40. The van der Waals surface area contributed by atoms with Gasteiger partial charge < -0.3 is 4.74 Å². The average Bonchev–Trinajstić information content (AvgIpc) is 2.42. The molecule has 20 heavy (non-hydrogen) atoms. The summed E-state index contributed by atoms with van der Waals surface area (Å²) in [6, 6.07) is 6.85. The third-order valence-electron chi connectivity index (χ3n) is 3.29. The first-order chi connectivity index (χ1) is 9.50. The number of hydrogen-bond donors (Lipinski definition) is 1. The van der Waals surface area contributed by atoms with E-state index in [4.69, 9.17) is 10.00 Å². The number of rotatable bonds is 8. The molecular weight excluding hydrogens is 255 g/mol. The molecule has 0 spiro atoms. The van der Waals surface area contributed by atoms with Gasteiger partial charge in [-0.25, -0.2) is 4.39 Å². The standard InChI is InChI=1S/C16H23FN2O/c1-4-19-16(3,12-18)9-5-6-10-20-15-11-14(17)8-7-13(15)2/h7-8,11,19H,4-6,9-10H2,1-3H3. The van der Waals surface area contributed by atoms with Crippen LogP contribution >= 0.6 is 0 Å². The second kappa shape index (κ2) is 7.86. The van der Waals surface area contributed by atoms with Crippen LogP contribution in [-0.2, 0) is 0 Å². The van der Waals surface area contributed by atoms with Gasteiger partial charge in [-0.15, -0.1) is 0 Å². The first-order valence-corrected chi connectivity index (χ1v) is 7.06. The number of aryl methyl sites for hydroxylation is 1. The Kier molecular flexibility index (Phi) is 6.47. The summed E-state index contributed by atoms with van der Waals surface area (Å²) < 4.78 is 18.7. The van der Waals surface area contributed by atoms with Crippen molar-refractivity contribution in [2.75, 3.05) is 13.2 Å². The zero-order valence-electron chi connectivity index (χ0n) is 12.5. The van der Waals surface area contributed by atoms with Crippen molar-refractivity contribution in [3.05, 3.63) is 29.6 Å². The van der Waals surface area contributed by atoms with E-state index in [1.54, 1.807) is 6.07 Å². The van der Waals surface area contributed by atoms with Crippen molar-refractivity contribution in [1.82, 2.24) is 5.32 Å². The van der Waals surface area contributed by atoms with Crippen molar-refractivity contribution in [3.63, 3.8) is 0 Å². The molecule has 1 rings (SSSR count). The fraction of sp³-hybridized carbons (Fsp3) is 0.562. The summed E-state index contributed by atoms with van der Waals surface area (Å²) in [4.78, 5) is 0. The molecule has 1 unspecified atom stereocenters. The van der Waals surface area contributed by atoms with Gasteiger partial charge in [0.1, 0.15) is 17.1 Å². The van der Waals surface area contributed by atoms with Gasteiger partial charge in [-0.2, -0.15) is 5.26 Å². The van der Waals surface area contributed by atoms with Gasteiger partial charge >= 0.3 is 0 Å². The highest BCUT2D eigenvalue weighted by Gasteiger charge is 2.21. The molecule has 0 fully saturated rings. The lowest BCUT2D eigenvalue weighted by Gasteiger charge is -2.22. The van der Waals surface area contributed by atoms with Crippen LogP contribution in [0.3, 0.4) is 0 Å². The fourth-order valence-corrected chi connectivity index (χ4v) is 2.07. The van der Waals surface area contributed by atoms with Crippen LogP contribution in [0.5, 0.6) is 5.75 Å². The predicted octanol–water partition coefficient (Wildman–Crippen LogP) is 3.58. The quantitative estimate of drug-likeness (QED) is 0.739. The van der Waals surface area contributed by atoms with Gasteiger partial charge in [0.2, 0.25) is 0 Å². The maximum Gasteiger partial charge on any atom is 0.126 e. The molecule has 1 aromatic rings. The Labute approximate surface area is 120 Å². The molecule has 0 heterocycles. The molecule has 1 aromatic carbocycles. The minimum absolute atomic E-state index is 0.283. The van der Waals surface area contributed by atoms with Gasteiger partial charge in [0.15, 0.2) is 0 Å². The number of benzene rings is 1. The van der Waals surface area contributed by atoms with Crippen molar-refractivity contribution >= 4 is 0 Å². The van der Waals surface area contributed by atoms with Crippen LogP contribution in [0, 0.1) is 24.1 Å². The summed E-state index contributed by atoms with van der Waals surface area (Å²) in [6.45, 7) is 7.12. The topological polar surface area (TPSA) is 45.0 Å². The SMILES string of the molecule is CCNC(C)(C#N)CCCCOc1cc(F)ccc1C. The first kappa shape index (κ1) is 16.5. The second-order valence-electron chi connectivity index (χ2n) is 5.19. The van der Waals surface area contributed by atoms with Crippen molar-refractivity contribution in [1.29, 1.82) is 5.26 Å². The molecule has 3 nitrogen and oxygen atoms in total. The van der Waals surface area contributed by atoms with E-state index in [1.807, 2.05) is 20.8 Å². The number of nitrogens with zero attached hydrogens (tertiary/aromatic N) is 1. The molecule has 1 N–H and O–H groups in total. The Morgan fingerprint density at radius 1 is 1.40 bits per heavy atom. The van der Waals surface area contributed by atoms with Crippen LogP contribution in [-0.4, -0.2) is 18.7 Å². The Morgan fingerprint density at radius 2 is 2.15 bits per heavy atom. The number of unbranched alkanes of at least 4 members (excludes halogenated alkanes) is 1. The Morgan fingerprint density at radius 3 is 2.80 bits per heavy atom. The van der Waals surface area contributed by atoms with Gasteiger partial charge in [-0.1, -0.05) is 13.0 Å². The van der Waals surface area contributed by atoms with E-state index in [1.165, 1.54) is 12.1 Å².